The molecule has 1 N–H and O–H groups in total. The summed E-state index contributed by atoms with van der Waals surface area (Å²) in [7, 11) is 0. The standard InChI is InChI=1S/C17H24N4O2/c1-3-7-19-16(22)14(2)20-10-4-11-21(13-12-20)17(23)15-5-8-18-9-6-15/h3,5-6,8-9,14H,1,4,7,10-13H2,2H3,(H,19,22). The lowest BCUT2D eigenvalue weighted by atomic mass is 10.2. The molecule has 2 amide bonds. The van der Waals surface area contributed by atoms with E-state index < -0.39 is 0 Å². The van der Waals surface area contributed by atoms with E-state index in [-0.39, 0.29) is 17.9 Å². The molecular weight excluding hydrogens is 292 g/mol. The molecular formula is C17H24N4O2. The highest BCUT2D eigenvalue weighted by Crippen LogP contribution is 2.11. The summed E-state index contributed by atoms with van der Waals surface area (Å²) in [6, 6.07) is 3.26. The fourth-order valence-electron chi connectivity index (χ4n) is 2.69. The summed E-state index contributed by atoms with van der Waals surface area (Å²) in [5.41, 5.74) is 0.658. The second kappa shape index (κ2) is 8.43. The molecule has 1 fully saturated rings. The Kier molecular flexibility index (Phi) is 6.29. The first-order valence-corrected chi connectivity index (χ1v) is 7.95. The van der Waals surface area contributed by atoms with E-state index in [1.165, 1.54) is 0 Å². The maximum atomic E-state index is 12.5. The molecule has 0 spiro atoms. The number of carbonyl (C=O) groups is 2. The van der Waals surface area contributed by atoms with Crippen LogP contribution >= 0.6 is 0 Å². The van der Waals surface area contributed by atoms with Crippen molar-refractivity contribution in [3.8, 4) is 0 Å². The van der Waals surface area contributed by atoms with E-state index in [1.54, 1.807) is 30.6 Å². The highest BCUT2D eigenvalue weighted by molar-refractivity contribution is 5.94. The lowest BCUT2D eigenvalue weighted by molar-refractivity contribution is -0.125. The van der Waals surface area contributed by atoms with Gasteiger partial charge in [0.15, 0.2) is 0 Å². The number of aromatic nitrogens is 1. The van der Waals surface area contributed by atoms with Crippen LogP contribution in [0.15, 0.2) is 37.2 Å². The van der Waals surface area contributed by atoms with Crippen LogP contribution in [0.25, 0.3) is 0 Å². The minimum absolute atomic E-state index is 0.00110. The maximum absolute atomic E-state index is 12.5. The predicted molar refractivity (Wildman–Crippen MR) is 89.0 cm³/mol. The molecule has 1 aromatic rings. The van der Waals surface area contributed by atoms with Gasteiger partial charge in [0.25, 0.3) is 5.91 Å². The van der Waals surface area contributed by atoms with E-state index in [2.05, 4.69) is 21.8 Å². The van der Waals surface area contributed by atoms with Crippen LogP contribution in [0, 0.1) is 0 Å². The average Bonchev–Trinajstić information content (AvgIpc) is 2.85. The Morgan fingerprint density at radius 3 is 2.74 bits per heavy atom. The third kappa shape index (κ3) is 4.63. The Hall–Kier alpha value is -2.21. The molecule has 6 nitrogen and oxygen atoms in total. The van der Waals surface area contributed by atoms with Gasteiger partial charge in [-0.25, -0.2) is 0 Å². The predicted octanol–water partition coefficient (Wildman–Crippen LogP) is 0.920. The molecule has 0 aromatic carbocycles. The van der Waals surface area contributed by atoms with Gasteiger partial charge in [-0.2, -0.15) is 0 Å². The SMILES string of the molecule is C=CCNC(=O)C(C)N1CCCN(C(=O)c2ccncc2)CC1. The zero-order valence-electron chi connectivity index (χ0n) is 13.6. The van der Waals surface area contributed by atoms with Gasteiger partial charge in [0.2, 0.25) is 5.91 Å². The van der Waals surface area contributed by atoms with Crippen molar-refractivity contribution in [2.45, 2.75) is 19.4 Å². The topological polar surface area (TPSA) is 65.5 Å². The molecule has 2 heterocycles. The molecule has 1 aliphatic rings. The summed E-state index contributed by atoms with van der Waals surface area (Å²) in [6.07, 6.45) is 5.78. The van der Waals surface area contributed by atoms with Crippen LogP contribution in [0.1, 0.15) is 23.7 Å². The van der Waals surface area contributed by atoms with E-state index in [4.69, 9.17) is 0 Å². The fourth-order valence-corrected chi connectivity index (χ4v) is 2.69. The number of amides is 2. The van der Waals surface area contributed by atoms with Crippen LogP contribution in [-0.2, 0) is 4.79 Å². The van der Waals surface area contributed by atoms with Crippen molar-refractivity contribution in [1.82, 2.24) is 20.1 Å². The Bertz CT molecular complexity index is 547. The van der Waals surface area contributed by atoms with Gasteiger partial charge >= 0.3 is 0 Å². The van der Waals surface area contributed by atoms with Crippen molar-refractivity contribution in [3.05, 3.63) is 42.7 Å². The van der Waals surface area contributed by atoms with Gasteiger partial charge in [0.1, 0.15) is 0 Å². The van der Waals surface area contributed by atoms with Crippen LogP contribution in [0.2, 0.25) is 0 Å². The van der Waals surface area contributed by atoms with Crippen molar-refractivity contribution in [2.75, 3.05) is 32.7 Å². The van der Waals surface area contributed by atoms with Crippen molar-refractivity contribution in [3.63, 3.8) is 0 Å². The first-order valence-electron chi connectivity index (χ1n) is 7.95. The highest BCUT2D eigenvalue weighted by atomic mass is 16.2. The van der Waals surface area contributed by atoms with Crippen molar-refractivity contribution >= 4 is 11.8 Å². The van der Waals surface area contributed by atoms with Crippen molar-refractivity contribution < 1.29 is 9.59 Å². The molecule has 124 valence electrons. The molecule has 1 unspecified atom stereocenters. The number of nitrogens with zero attached hydrogens (tertiary/aromatic N) is 3. The number of hydrogen-bond donors (Lipinski definition) is 1. The number of carbonyl (C=O) groups excluding carboxylic acids is 2. The number of hydrogen-bond acceptors (Lipinski definition) is 4. The Morgan fingerprint density at radius 2 is 2.04 bits per heavy atom. The molecule has 6 heteroatoms. The molecule has 1 aliphatic heterocycles. The third-order valence-corrected chi connectivity index (χ3v) is 4.09. The van der Waals surface area contributed by atoms with Gasteiger partial charge in [-0.05, 0) is 25.5 Å². The quantitative estimate of drug-likeness (QED) is 0.821. The van der Waals surface area contributed by atoms with Gasteiger partial charge < -0.3 is 10.2 Å². The summed E-state index contributed by atoms with van der Waals surface area (Å²) in [4.78, 5) is 32.5. The molecule has 0 aliphatic carbocycles. The van der Waals surface area contributed by atoms with Crippen LogP contribution in [0.3, 0.4) is 0 Å². The van der Waals surface area contributed by atoms with Gasteiger partial charge in [0.05, 0.1) is 6.04 Å². The maximum Gasteiger partial charge on any atom is 0.254 e. The summed E-state index contributed by atoms with van der Waals surface area (Å²) in [6.45, 7) is 8.81. The lowest BCUT2D eigenvalue weighted by Gasteiger charge is -2.26. The smallest absolute Gasteiger partial charge is 0.254 e. The van der Waals surface area contributed by atoms with Crippen LogP contribution < -0.4 is 5.32 Å². The summed E-state index contributed by atoms with van der Waals surface area (Å²) in [5.74, 6) is 0.0248. The molecule has 2 rings (SSSR count). The molecule has 1 saturated heterocycles. The lowest BCUT2D eigenvalue weighted by Crippen LogP contribution is -2.46. The van der Waals surface area contributed by atoms with Gasteiger partial charge in [0, 0.05) is 50.7 Å². The first-order chi connectivity index (χ1) is 11.1. The molecule has 1 aromatic heterocycles. The normalized spacial score (nSPS) is 17.2. The van der Waals surface area contributed by atoms with Crippen molar-refractivity contribution in [1.29, 1.82) is 0 Å². The second-order valence-corrected chi connectivity index (χ2v) is 5.63. The molecule has 0 saturated carbocycles. The van der Waals surface area contributed by atoms with E-state index in [0.29, 0.717) is 31.7 Å². The zero-order chi connectivity index (χ0) is 16.7. The number of nitrogens with one attached hydrogen (secondary N) is 1. The molecule has 1 atom stereocenters. The van der Waals surface area contributed by atoms with E-state index >= 15 is 0 Å². The van der Waals surface area contributed by atoms with Crippen LogP contribution in [0.5, 0.6) is 0 Å². The Balaban J connectivity index is 1.93. The van der Waals surface area contributed by atoms with Gasteiger partial charge in [-0.15, -0.1) is 6.58 Å². The van der Waals surface area contributed by atoms with E-state index in [0.717, 1.165) is 13.0 Å². The summed E-state index contributed by atoms with van der Waals surface area (Å²) in [5, 5.41) is 2.82. The number of pyridine rings is 1. The zero-order valence-corrected chi connectivity index (χ0v) is 13.6. The number of rotatable bonds is 5. The minimum atomic E-state index is -0.203. The summed E-state index contributed by atoms with van der Waals surface area (Å²) < 4.78 is 0. The van der Waals surface area contributed by atoms with Crippen LogP contribution in [-0.4, -0.2) is 65.4 Å². The molecule has 23 heavy (non-hydrogen) atoms. The fraction of sp³-hybridized carbons (Fsp3) is 0.471. The second-order valence-electron chi connectivity index (χ2n) is 5.63. The highest BCUT2D eigenvalue weighted by Gasteiger charge is 2.25. The average molecular weight is 316 g/mol. The first kappa shape index (κ1) is 17.1. The van der Waals surface area contributed by atoms with Crippen LogP contribution in [0.4, 0.5) is 0 Å². The molecule has 0 bridgehead atoms. The Morgan fingerprint density at radius 1 is 1.30 bits per heavy atom. The monoisotopic (exact) mass is 316 g/mol. The minimum Gasteiger partial charge on any atom is -0.351 e. The summed E-state index contributed by atoms with van der Waals surface area (Å²) >= 11 is 0. The largest absolute Gasteiger partial charge is 0.351 e. The Labute approximate surface area is 137 Å². The van der Waals surface area contributed by atoms with E-state index in [1.807, 2.05) is 11.8 Å². The van der Waals surface area contributed by atoms with Crippen molar-refractivity contribution in [2.24, 2.45) is 0 Å². The third-order valence-electron chi connectivity index (χ3n) is 4.09. The van der Waals surface area contributed by atoms with E-state index in [9.17, 15) is 9.59 Å². The van der Waals surface area contributed by atoms with Gasteiger partial charge in [-0.1, -0.05) is 6.08 Å². The molecule has 0 radical (unpaired) electrons. The van der Waals surface area contributed by atoms with Gasteiger partial charge in [-0.3, -0.25) is 19.5 Å².